The molecule has 2 aromatic heterocycles. The summed E-state index contributed by atoms with van der Waals surface area (Å²) in [6.45, 7) is 10.5. The van der Waals surface area contributed by atoms with Crippen LogP contribution in [-0.2, 0) is 21.3 Å². The minimum atomic E-state index is -0.228. The smallest absolute Gasteiger partial charge is 0.410 e. The molecule has 4 heterocycles. The van der Waals surface area contributed by atoms with E-state index in [9.17, 15) is 4.79 Å². The molecule has 0 bridgehead atoms. The molecule has 7 nitrogen and oxygen atoms in total. The Kier molecular flexibility index (Phi) is 5.22. The fourth-order valence-corrected chi connectivity index (χ4v) is 5.08. The van der Waals surface area contributed by atoms with Gasteiger partial charge in [-0.3, -0.25) is 4.98 Å². The summed E-state index contributed by atoms with van der Waals surface area (Å²) in [7, 11) is 0. The number of fused-ring (bicyclic) bond motifs is 1. The Bertz CT molecular complexity index is 1010. The predicted molar refractivity (Wildman–Crippen MR) is 122 cm³/mol. The Hall–Kier alpha value is -2.45. The monoisotopic (exact) mass is 440 g/mol. The van der Waals surface area contributed by atoms with Crippen molar-refractivity contribution in [2.75, 3.05) is 44.3 Å². The molecule has 1 aliphatic carbocycles. The highest BCUT2D eigenvalue weighted by atomic mass is 32.1. The van der Waals surface area contributed by atoms with Crippen molar-refractivity contribution in [1.82, 2.24) is 14.9 Å². The molecule has 0 spiro atoms. The fraction of sp³-hybridized carbons (Fsp3) is 0.522. The number of amides is 1. The van der Waals surface area contributed by atoms with Crippen LogP contribution in [0.5, 0.6) is 0 Å². The molecule has 0 N–H and O–H groups in total. The number of hydrogen-bond acceptors (Lipinski definition) is 7. The highest BCUT2D eigenvalue weighted by Crippen LogP contribution is 2.38. The Morgan fingerprint density at radius 1 is 1.23 bits per heavy atom. The first-order valence-electron chi connectivity index (χ1n) is 10.8. The highest BCUT2D eigenvalue weighted by molar-refractivity contribution is 7.10. The largest absolute Gasteiger partial charge is 0.441 e. The quantitative estimate of drug-likeness (QED) is 0.727. The van der Waals surface area contributed by atoms with Crippen LogP contribution in [0.4, 0.5) is 10.5 Å². The zero-order valence-corrected chi connectivity index (χ0v) is 19.1. The first kappa shape index (κ1) is 20.5. The van der Waals surface area contributed by atoms with Gasteiger partial charge >= 0.3 is 6.09 Å². The Balaban J connectivity index is 1.29. The number of hydrogen-bond donors (Lipinski definition) is 0. The van der Waals surface area contributed by atoms with Gasteiger partial charge in [0.15, 0.2) is 6.10 Å². The molecule has 164 valence electrons. The first-order valence-corrected chi connectivity index (χ1v) is 11.7. The van der Waals surface area contributed by atoms with Gasteiger partial charge in [0, 0.05) is 60.8 Å². The second kappa shape index (κ2) is 7.91. The van der Waals surface area contributed by atoms with Crippen LogP contribution in [0.2, 0.25) is 0 Å². The molecular formula is C23H28N4O3S. The Morgan fingerprint density at radius 3 is 2.65 bits per heavy atom. The average Bonchev–Trinajstić information content (AvgIpc) is 3.37. The number of anilines is 1. The minimum absolute atomic E-state index is 0.0522. The summed E-state index contributed by atoms with van der Waals surface area (Å²) < 4.78 is 10.5. The standard InChI is InChI=1S/C23H28N4O3S/c1-23(2,3)20-14-31-21(25-20)15-10-17-18(11-15)24-5-4-19(17)26-6-8-27(9-7-26)22(28)30-16-12-29-13-16/h4-5,10,14,16H,6-9,11-13H2,1-3H3. The fourth-order valence-electron chi connectivity index (χ4n) is 4.02. The van der Waals surface area contributed by atoms with Crippen molar-refractivity contribution in [2.45, 2.75) is 38.7 Å². The lowest BCUT2D eigenvalue weighted by Gasteiger charge is -2.37. The third-order valence-electron chi connectivity index (χ3n) is 6.03. The number of allylic oxidation sites excluding steroid dienone is 1. The lowest BCUT2D eigenvalue weighted by Crippen LogP contribution is -2.51. The van der Waals surface area contributed by atoms with E-state index in [-0.39, 0.29) is 17.6 Å². The lowest BCUT2D eigenvalue weighted by atomic mass is 9.93. The molecule has 0 radical (unpaired) electrons. The van der Waals surface area contributed by atoms with Crippen molar-refractivity contribution < 1.29 is 14.3 Å². The van der Waals surface area contributed by atoms with Gasteiger partial charge in [-0.2, -0.15) is 0 Å². The third-order valence-corrected chi connectivity index (χ3v) is 6.94. The second-order valence-corrected chi connectivity index (χ2v) is 10.2. The van der Waals surface area contributed by atoms with Crippen molar-refractivity contribution in [3.05, 3.63) is 39.6 Å². The molecule has 0 unspecified atom stereocenters. The van der Waals surface area contributed by atoms with E-state index in [0.717, 1.165) is 35.9 Å². The molecule has 0 aromatic carbocycles. The van der Waals surface area contributed by atoms with Gasteiger partial charge in [0.1, 0.15) is 5.01 Å². The Labute approximate surface area is 186 Å². The summed E-state index contributed by atoms with van der Waals surface area (Å²) in [5, 5.41) is 3.25. The summed E-state index contributed by atoms with van der Waals surface area (Å²) in [4.78, 5) is 26.0. The number of carbonyl (C=O) groups excluding carboxylic acids is 1. The van der Waals surface area contributed by atoms with Crippen molar-refractivity contribution in [3.8, 4) is 0 Å². The zero-order valence-electron chi connectivity index (χ0n) is 18.3. The molecule has 5 rings (SSSR count). The molecule has 1 amide bonds. The molecule has 8 heteroatoms. The molecular weight excluding hydrogens is 412 g/mol. The van der Waals surface area contributed by atoms with E-state index < -0.39 is 0 Å². The van der Waals surface area contributed by atoms with E-state index in [1.165, 1.54) is 16.8 Å². The second-order valence-electron chi connectivity index (χ2n) is 9.34. The molecule has 2 saturated heterocycles. The van der Waals surface area contributed by atoms with Crippen molar-refractivity contribution in [2.24, 2.45) is 0 Å². The van der Waals surface area contributed by atoms with Gasteiger partial charge in [-0.1, -0.05) is 20.8 Å². The van der Waals surface area contributed by atoms with Crippen LogP contribution in [0, 0.1) is 0 Å². The molecule has 0 atom stereocenters. The maximum absolute atomic E-state index is 12.3. The van der Waals surface area contributed by atoms with Gasteiger partial charge in [-0.25, -0.2) is 9.78 Å². The van der Waals surface area contributed by atoms with Crippen molar-refractivity contribution >= 4 is 34.8 Å². The maximum atomic E-state index is 12.3. The average molecular weight is 441 g/mol. The maximum Gasteiger partial charge on any atom is 0.410 e. The number of aromatic nitrogens is 2. The van der Waals surface area contributed by atoms with Gasteiger partial charge in [-0.05, 0) is 17.7 Å². The normalized spacial score (nSPS) is 19.1. The number of pyridine rings is 1. The van der Waals surface area contributed by atoms with E-state index in [0.29, 0.717) is 26.3 Å². The van der Waals surface area contributed by atoms with E-state index in [4.69, 9.17) is 14.5 Å². The zero-order chi connectivity index (χ0) is 21.6. The molecule has 0 saturated carbocycles. The van der Waals surface area contributed by atoms with Gasteiger partial charge in [0.2, 0.25) is 0 Å². The third kappa shape index (κ3) is 4.06. The lowest BCUT2D eigenvalue weighted by molar-refractivity contribution is -0.104. The molecule has 2 aliphatic heterocycles. The van der Waals surface area contributed by atoms with Gasteiger partial charge in [-0.15, -0.1) is 11.3 Å². The van der Waals surface area contributed by atoms with Gasteiger partial charge in [0.05, 0.1) is 24.6 Å². The molecule has 31 heavy (non-hydrogen) atoms. The predicted octanol–water partition coefficient (Wildman–Crippen LogP) is 3.59. The highest BCUT2D eigenvalue weighted by Gasteiger charge is 2.30. The molecule has 2 aromatic rings. The number of ether oxygens (including phenoxy) is 2. The number of thiazole rings is 1. The number of carbonyl (C=O) groups is 1. The SMILES string of the molecule is CC(C)(C)c1csc(C2=Cc3c(N4CCN(C(=O)OC5COC5)CC4)ccnc3C2)n1. The number of rotatable bonds is 3. The van der Waals surface area contributed by atoms with E-state index >= 15 is 0 Å². The van der Waals surface area contributed by atoms with Crippen LogP contribution >= 0.6 is 11.3 Å². The summed E-state index contributed by atoms with van der Waals surface area (Å²) in [5.41, 5.74) is 5.90. The van der Waals surface area contributed by atoms with Crippen LogP contribution in [0.3, 0.4) is 0 Å². The van der Waals surface area contributed by atoms with E-state index in [2.05, 4.69) is 48.2 Å². The van der Waals surface area contributed by atoms with Crippen LogP contribution in [0.25, 0.3) is 11.6 Å². The van der Waals surface area contributed by atoms with Crippen LogP contribution in [0.1, 0.15) is 42.7 Å². The summed E-state index contributed by atoms with van der Waals surface area (Å²) in [6, 6.07) is 2.08. The minimum Gasteiger partial charge on any atom is -0.441 e. The molecule has 2 fully saturated rings. The topological polar surface area (TPSA) is 67.8 Å². The van der Waals surface area contributed by atoms with Gasteiger partial charge in [0.25, 0.3) is 0 Å². The summed E-state index contributed by atoms with van der Waals surface area (Å²) in [5.74, 6) is 0. The van der Waals surface area contributed by atoms with Crippen LogP contribution < -0.4 is 4.90 Å². The number of piperazine rings is 1. The van der Waals surface area contributed by atoms with Gasteiger partial charge < -0.3 is 19.3 Å². The van der Waals surface area contributed by atoms with Crippen LogP contribution in [0.15, 0.2) is 17.6 Å². The van der Waals surface area contributed by atoms with Crippen LogP contribution in [-0.4, -0.2) is 66.5 Å². The Morgan fingerprint density at radius 2 is 2.00 bits per heavy atom. The van der Waals surface area contributed by atoms with Crippen molar-refractivity contribution in [3.63, 3.8) is 0 Å². The first-order chi connectivity index (χ1) is 14.9. The molecule has 3 aliphatic rings. The van der Waals surface area contributed by atoms with Crippen molar-refractivity contribution in [1.29, 1.82) is 0 Å². The summed E-state index contributed by atoms with van der Waals surface area (Å²) >= 11 is 1.71. The number of nitrogens with zero attached hydrogens (tertiary/aromatic N) is 4. The van der Waals surface area contributed by atoms with E-state index in [1.54, 1.807) is 16.2 Å². The summed E-state index contributed by atoms with van der Waals surface area (Å²) in [6.07, 6.45) is 4.65. The van der Waals surface area contributed by atoms with E-state index in [1.807, 2.05) is 6.20 Å².